The molecular formula is C15H22N2O2. The predicted octanol–water partition coefficient (Wildman–Crippen LogP) is 2.21. The Balaban J connectivity index is 2.85. The van der Waals surface area contributed by atoms with E-state index in [0.29, 0.717) is 6.42 Å². The minimum absolute atomic E-state index is 0.0665. The second-order valence-electron chi connectivity index (χ2n) is 4.49. The summed E-state index contributed by atoms with van der Waals surface area (Å²) in [6.45, 7) is 8.02. The Morgan fingerprint density at radius 2 is 2.21 bits per heavy atom. The Morgan fingerprint density at radius 3 is 2.84 bits per heavy atom. The third-order valence-electron chi connectivity index (χ3n) is 3.13. The van der Waals surface area contributed by atoms with Crippen LogP contribution in [0.4, 0.5) is 4.79 Å². The first-order valence-electron chi connectivity index (χ1n) is 6.42. The van der Waals surface area contributed by atoms with Gasteiger partial charge in [0.2, 0.25) is 0 Å². The van der Waals surface area contributed by atoms with Gasteiger partial charge in [0.1, 0.15) is 0 Å². The van der Waals surface area contributed by atoms with E-state index in [4.69, 9.17) is 5.11 Å². The van der Waals surface area contributed by atoms with Crippen LogP contribution in [0.25, 0.3) is 0 Å². The smallest absolute Gasteiger partial charge is 0.315 e. The Bertz CT molecular complexity index is 444. The Hall–Kier alpha value is -1.81. The third-order valence-corrected chi connectivity index (χ3v) is 3.13. The number of carbonyl (C=O) groups excluding carboxylic acids is 1. The fraction of sp³-hybridized carbons (Fsp3) is 0.400. The van der Waals surface area contributed by atoms with Gasteiger partial charge in [-0.3, -0.25) is 0 Å². The summed E-state index contributed by atoms with van der Waals surface area (Å²) in [6.07, 6.45) is 2.45. The van der Waals surface area contributed by atoms with E-state index >= 15 is 0 Å². The van der Waals surface area contributed by atoms with Crippen molar-refractivity contribution in [3.63, 3.8) is 0 Å². The molecule has 0 fully saturated rings. The number of carbonyl (C=O) groups is 1. The number of benzene rings is 1. The first kappa shape index (κ1) is 15.2. The molecule has 1 rings (SSSR count). The molecule has 4 heteroatoms. The monoisotopic (exact) mass is 262 g/mol. The average molecular weight is 262 g/mol. The van der Waals surface area contributed by atoms with E-state index in [0.717, 1.165) is 5.56 Å². The van der Waals surface area contributed by atoms with Gasteiger partial charge in [-0.05, 0) is 37.0 Å². The SMILES string of the molecule is C=CCC(NC(=O)NCCO)c1cccc(C)c1C. The molecule has 0 aliphatic carbocycles. The van der Waals surface area contributed by atoms with Gasteiger partial charge in [0.05, 0.1) is 12.6 Å². The normalized spacial score (nSPS) is 11.7. The fourth-order valence-corrected chi connectivity index (χ4v) is 1.96. The van der Waals surface area contributed by atoms with E-state index in [1.807, 2.05) is 19.1 Å². The lowest BCUT2D eigenvalue weighted by molar-refractivity contribution is 0.230. The molecule has 104 valence electrons. The van der Waals surface area contributed by atoms with Gasteiger partial charge in [0.15, 0.2) is 0 Å². The molecular weight excluding hydrogens is 240 g/mol. The number of nitrogens with one attached hydrogen (secondary N) is 2. The second-order valence-corrected chi connectivity index (χ2v) is 4.49. The number of urea groups is 1. The van der Waals surface area contributed by atoms with Gasteiger partial charge in [-0.25, -0.2) is 4.79 Å². The van der Waals surface area contributed by atoms with E-state index < -0.39 is 0 Å². The lowest BCUT2D eigenvalue weighted by atomic mass is 9.95. The van der Waals surface area contributed by atoms with Crippen molar-refractivity contribution in [2.45, 2.75) is 26.3 Å². The third kappa shape index (κ3) is 4.41. The lowest BCUT2D eigenvalue weighted by Gasteiger charge is -2.21. The first-order valence-corrected chi connectivity index (χ1v) is 6.42. The highest BCUT2D eigenvalue weighted by Gasteiger charge is 2.15. The molecule has 4 nitrogen and oxygen atoms in total. The maximum Gasteiger partial charge on any atom is 0.315 e. The average Bonchev–Trinajstić information content (AvgIpc) is 2.39. The van der Waals surface area contributed by atoms with Crippen LogP contribution in [0.5, 0.6) is 0 Å². The summed E-state index contributed by atoms with van der Waals surface area (Å²) in [4.78, 5) is 11.7. The largest absolute Gasteiger partial charge is 0.395 e. The molecule has 0 aromatic heterocycles. The molecule has 0 bridgehead atoms. The highest BCUT2D eigenvalue weighted by molar-refractivity contribution is 5.74. The Labute approximate surface area is 114 Å². The maximum atomic E-state index is 11.7. The van der Waals surface area contributed by atoms with Crippen LogP contribution in [0.2, 0.25) is 0 Å². The Morgan fingerprint density at radius 1 is 1.47 bits per heavy atom. The number of hydrogen-bond acceptors (Lipinski definition) is 2. The number of aliphatic hydroxyl groups excluding tert-OH is 1. The van der Waals surface area contributed by atoms with Crippen molar-refractivity contribution in [2.24, 2.45) is 0 Å². The standard InChI is InChI=1S/C15H22N2O2/c1-4-6-14(17-15(19)16-9-10-18)13-8-5-7-11(2)12(13)3/h4-5,7-8,14,18H,1,6,9-10H2,2-3H3,(H2,16,17,19). The fourth-order valence-electron chi connectivity index (χ4n) is 1.96. The quantitative estimate of drug-likeness (QED) is 0.688. The molecule has 19 heavy (non-hydrogen) atoms. The summed E-state index contributed by atoms with van der Waals surface area (Å²) in [7, 11) is 0. The molecule has 0 aliphatic rings. The van der Waals surface area contributed by atoms with Gasteiger partial charge in [-0.1, -0.05) is 24.3 Å². The van der Waals surface area contributed by atoms with Crippen molar-refractivity contribution < 1.29 is 9.90 Å². The molecule has 0 saturated carbocycles. The molecule has 0 aliphatic heterocycles. The molecule has 0 radical (unpaired) electrons. The van der Waals surface area contributed by atoms with Gasteiger partial charge in [0.25, 0.3) is 0 Å². The lowest BCUT2D eigenvalue weighted by Crippen LogP contribution is -2.39. The van der Waals surface area contributed by atoms with Crippen LogP contribution in [0.15, 0.2) is 30.9 Å². The Kier molecular flexibility index (Phi) is 6.09. The van der Waals surface area contributed by atoms with Crippen LogP contribution in [-0.4, -0.2) is 24.3 Å². The topological polar surface area (TPSA) is 61.4 Å². The van der Waals surface area contributed by atoms with Crippen LogP contribution in [0, 0.1) is 13.8 Å². The van der Waals surface area contributed by atoms with Crippen molar-refractivity contribution in [2.75, 3.05) is 13.2 Å². The molecule has 0 spiro atoms. The number of rotatable bonds is 6. The van der Waals surface area contributed by atoms with Crippen LogP contribution >= 0.6 is 0 Å². The van der Waals surface area contributed by atoms with Crippen molar-refractivity contribution in [3.05, 3.63) is 47.5 Å². The summed E-state index contributed by atoms with van der Waals surface area (Å²) in [5, 5.41) is 14.2. The molecule has 1 atom stereocenters. The second kappa shape index (κ2) is 7.59. The zero-order valence-electron chi connectivity index (χ0n) is 11.6. The summed E-state index contributed by atoms with van der Waals surface area (Å²) >= 11 is 0. The summed E-state index contributed by atoms with van der Waals surface area (Å²) in [5.41, 5.74) is 3.47. The van der Waals surface area contributed by atoms with Crippen molar-refractivity contribution in [3.8, 4) is 0 Å². The summed E-state index contributed by atoms with van der Waals surface area (Å²) in [6, 6.07) is 5.68. The van der Waals surface area contributed by atoms with Gasteiger partial charge in [-0.15, -0.1) is 6.58 Å². The van der Waals surface area contributed by atoms with Gasteiger partial charge >= 0.3 is 6.03 Å². The van der Waals surface area contributed by atoms with E-state index in [9.17, 15) is 4.79 Å². The van der Waals surface area contributed by atoms with E-state index in [1.165, 1.54) is 11.1 Å². The predicted molar refractivity (Wildman–Crippen MR) is 77.1 cm³/mol. The van der Waals surface area contributed by atoms with Crippen molar-refractivity contribution in [1.29, 1.82) is 0 Å². The highest BCUT2D eigenvalue weighted by Crippen LogP contribution is 2.23. The first-order chi connectivity index (χ1) is 9.10. The van der Waals surface area contributed by atoms with E-state index in [1.54, 1.807) is 6.08 Å². The molecule has 0 saturated heterocycles. The van der Waals surface area contributed by atoms with Crippen LogP contribution in [0.3, 0.4) is 0 Å². The van der Waals surface area contributed by atoms with Gasteiger partial charge < -0.3 is 15.7 Å². The number of aryl methyl sites for hydroxylation is 1. The highest BCUT2D eigenvalue weighted by atomic mass is 16.3. The summed E-state index contributed by atoms with van der Waals surface area (Å²) in [5.74, 6) is 0. The molecule has 0 heterocycles. The molecule has 1 aromatic carbocycles. The zero-order chi connectivity index (χ0) is 14.3. The van der Waals surface area contributed by atoms with Crippen molar-refractivity contribution in [1.82, 2.24) is 10.6 Å². The van der Waals surface area contributed by atoms with Crippen LogP contribution in [0.1, 0.15) is 29.2 Å². The van der Waals surface area contributed by atoms with Gasteiger partial charge in [0, 0.05) is 6.54 Å². The van der Waals surface area contributed by atoms with E-state index in [2.05, 4.69) is 30.2 Å². The molecule has 2 amide bonds. The number of amides is 2. The van der Waals surface area contributed by atoms with Crippen LogP contribution in [-0.2, 0) is 0 Å². The molecule has 1 aromatic rings. The number of aliphatic hydroxyl groups is 1. The minimum Gasteiger partial charge on any atom is -0.395 e. The maximum absolute atomic E-state index is 11.7. The van der Waals surface area contributed by atoms with Crippen molar-refractivity contribution >= 4 is 6.03 Å². The number of hydrogen-bond donors (Lipinski definition) is 3. The molecule has 1 unspecified atom stereocenters. The van der Waals surface area contributed by atoms with E-state index in [-0.39, 0.29) is 25.2 Å². The minimum atomic E-state index is -0.276. The summed E-state index contributed by atoms with van der Waals surface area (Å²) < 4.78 is 0. The molecule has 3 N–H and O–H groups in total. The zero-order valence-corrected chi connectivity index (χ0v) is 11.6. The van der Waals surface area contributed by atoms with Crippen LogP contribution < -0.4 is 10.6 Å². The van der Waals surface area contributed by atoms with Gasteiger partial charge in [-0.2, -0.15) is 0 Å².